The Morgan fingerprint density at radius 2 is 1.67 bits per heavy atom. The molecule has 2 heterocycles. The minimum atomic E-state index is 0.114. The van der Waals surface area contributed by atoms with Crippen LogP contribution in [0.3, 0.4) is 0 Å². The van der Waals surface area contributed by atoms with Gasteiger partial charge in [0.15, 0.2) is 11.0 Å². The lowest BCUT2D eigenvalue weighted by Gasteiger charge is -2.28. The van der Waals surface area contributed by atoms with Crippen LogP contribution in [0.4, 0.5) is 0 Å². The van der Waals surface area contributed by atoms with Crippen LogP contribution in [0, 0.1) is 0 Å². The molecule has 166 valence electrons. The van der Waals surface area contributed by atoms with Crippen molar-refractivity contribution in [2.24, 2.45) is 0 Å². The molecule has 0 spiro atoms. The van der Waals surface area contributed by atoms with E-state index in [1.165, 1.54) is 22.9 Å². The van der Waals surface area contributed by atoms with Gasteiger partial charge in [0.05, 0.1) is 12.9 Å². The number of methoxy groups -OCH3 is 1. The highest BCUT2D eigenvalue weighted by Gasteiger charge is 2.22. The van der Waals surface area contributed by atoms with Crippen molar-refractivity contribution < 1.29 is 9.53 Å². The molecule has 1 aliphatic rings. The Morgan fingerprint density at radius 3 is 2.42 bits per heavy atom. The van der Waals surface area contributed by atoms with Crippen LogP contribution in [0.25, 0.3) is 17.1 Å². The molecule has 0 atom stereocenters. The maximum atomic E-state index is 13.0. The maximum absolute atomic E-state index is 13.0. The van der Waals surface area contributed by atoms with Gasteiger partial charge in [0.1, 0.15) is 5.75 Å². The molecule has 0 bridgehead atoms. The third kappa shape index (κ3) is 4.50. The average molecular weight is 457 g/mol. The monoisotopic (exact) mass is 456 g/mol. The van der Waals surface area contributed by atoms with Crippen LogP contribution in [0.1, 0.15) is 11.1 Å². The number of hydrogen-bond donors (Lipinski definition) is 0. The minimum Gasteiger partial charge on any atom is -0.497 e. The Balaban J connectivity index is 1.38. The quantitative estimate of drug-likeness (QED) is 0.396. The number of nitrogens with zero attached hydrogens (tertiary/aromatic N) is 4. The van der Waals surface area contributed by atoms with Gasteiger partial charge in [-0.05, 0) is 53.9 Å². The molecule has 1 amide bonds. The van der Waals surface area contributed by atoms with Crippen LogP contribution >= 0.6 is 11.8 Å². The van der Waals surface area contributed by atoms with Crippen LogP contribution in [0.15, 0.2) is 84.0 Å². The number of amides is 1. The lowest BCUT2D eigenvalue weighted by molar-refractivity contribution is -0.129. The number of fused-ring (bicyclic) bond motifs is 1. The molecule has 1 aliphatic heterocycles. The molecule has 0 radical (unpaired) electrons. The van der Waals surface area contributed by atoms with Crippen molar-refractivity contribution in [2.45, 2.75) is 18.1 Å². The van der Waals surface area contributed by atoms with Crippen molar-refractivity contribution in [2.75, 3.05) is 19.4 Å². The van der Waals surface area contributed by atoms with Gasteiger partial charge >= 0.3 is 0 Å². The van der Waals surface area contributed by atoms with Crippen LogP contribution in [-0.4, -0.2) is 45.0 Å². The molecule has 7 heteroatoms. The summed E-state index contributed by atoms with van der Waals surface area (Å²) in [5, 5.41) is 9.60. The first kappa shape index (κ1) is 21.3. The number of thioether (sulfide) groups is 1. The standard InChI is InChI=1S/C26H24N4O2S/c1-32-23-13-11-20(12-14-23)25-27-28-26(30(25)22-9-3-2-4-10-22)33-18-24(31)29-16-15-19-7-5-6-8-21(19)17-29/h2-14H,15-18H2,1H3. The predicted molar refractivity (Wildman–Crippen MR) is 130 cm³/mol. The first-order valence-corrected chi connectivity index (χ1v) is 11.8. The minimum absolute atomic E-state index is 0.114. The molecule has 4 aromatic rings. The van der Waals surface area contributed by atoms with Gasteiger partial charge in [-0.25, -0.2) is 0 Å². The second-order valence-electron chi connectivity index (χ2n) is 7.83. The summed E-state index contributed by atoms with van der Waals surface area (Å²) in [4.78, 5) is 14.9. The first-order valence-electron chi connectivity index (χ1n) is 10.9. The van der Waals surface area contributed by atoms with Crippen LogP contribution in [-0.2, 0) is 17.8 Å². The largest absolute Gasteiger partial charge is 0.497 e. The zero-order chi connectivity index (χ0) is 22.6. The molecule has 0 unspecified atom stereocenters. The van der Waals surface area contributed by atoms with Gasteiger partial charge in [0.25, 0.3) is 0 Å². The molecule has 0 saturated heterocycles. The van der Waals surface area contributed by atoms with Gasteiger partial charge in [-0.15, -0.1) is 10.2 Å². The molecule has 0 N–H and O–H groups in total. The number of hydrogen-bond acceptors (Lipinski definition) is 5. The number of ether oxygens (including phenoxy) is 1. The zero-order valence-electron chi connectivity index (χ0n) is 18.3. The Labute approximate surface area is 197 Å². The summed E-state index contributed by atoms with van der Waals surface area (Å²) in [6.45, 7) is 1.41. The molecule has 3 aromatic carbocycles. The summed E-state index contributed by atoms with van der Waals surface area (Å²) in [5.74, 6) is 1.94. The highest BCUT2D eigenvalue weighted by atomic mass is 32.2. The Hall–Kier alpha value is -3.58. The van der Waals surface area contributed by atoms with Gasteiger partial charge in [-0.2, -0.15) is 0 Å². The fraction of sp³-hybridized carbons (Fsp3) is 0.192. The number of rotatable bonds is 6. The lowest BCUT2D eigenvalue weighted by atomic mass is 10.00. The van der Waals surface area contributed by atoms with Crippen molar-refractivity contribution in [3.63, 3.8) is 0 Å². The van der Waals surface area contributed by atoms with E-state index in [-0.39, 0.29) is 5.91 Å². The number of benzene rings is 3. The van der Waals surface area contributed by atoms with E-state index in [4.69, 9.17) is 4.74 Å². The molecule has 0 aliphatic carbocycles. The molecule has 0 fully saturated rings. The van der Waals surface area contributed by atoms with Gasteiger partial charge in [0, 0.05) is 24.3 Å². The fourth-order valence-electron chi connectivity index (χ4n) is 4.03. The van der Waals surface area contributed by atoms with E-state index in [1.54, 1.807) is 7.11 Å². The van der Waals surface area contributed by atoms with Crippen LogP contribution < -0.4 is 4.74 Å². The number of carbonyl (C=O) groups is 1. The van der Waals surface area contributed by atoms with Gasteiger partial charge in [0.2, 0.25) is 5.91 Å². The van der Waals surface area contributed by atoms with Crippen LogP contribution in [0.5, 0.6) is 5.75 Å². The van der Waals surface area contributed by atoms with Crippen molar-refractivity contribution in [3.8, 4) is 22.8 Å². The summed E-state index contributed by atoms with van der Waals surface area (Å²) in [6, 6.07) is 26.1. The normalized spacial score (nSPS) is 12.9. The average Bonchev–Trinajstić information content (AvgIpc) is 3.31. The molecular formula is C26H24N4O2S. The lowest BCUT2D eigenvalue weighted by Crippen LogP contribution is -2.37. The Bertz CT molecular complexity index is 1260. The summed E-state index contributed by atoms with van der Waals surface area (Å²) >= 11 is 1.42. The maximum Gasteiger partial charge on any atom is 0.233 e. The van der Waals surface area contributed by atoms with Crippen molar-refractivity contribution in [1.82, 2.24) is 19.7 Å². The topological polar surface area (TPSA) is 60.3 Å². The SMILES string of the molecule is COc1ccc(-c2nnc(SCC(=O)N3CCc4ccccc4C3)n2-c2ccccc2)cc1. The van der Waals surface area contributed by atoms with Crippen molar-refractivity contribution in [1.29, 1.82) is 0 Å². The highest BCUT2D eigenvalue weighted by Crippen LogP contribution is 2.29. The van der Waals surface area contributed by atoms with Gasteiger partial charge in [-0.3, -0.25) is 9.36 Å². The van der Waals surface area contributed by atoms with Gasteiger partial charge < -0.3 is 9.64 Å². The molecule has 5 rings (SSSR count). The van der Waals surface area contributed by atoms with Crippen molar-refractivity contribution >= 4 is 17.7 Å². The fourth-order valence-corrected chi connectivity index (χ4v) is 4.88. The van der Waals surface area contributed by atoms with E-state index in [9.17, 15) is 4.79 Å². The molecular weight excluding hydrogens is 432 g/mol. The van der Waals surface area contributed by atoms with E-state index in [2.05, 4.69) is 28.4 Å². The van der Waals surface area contributed by atoms with E-state index < -0.39 is 0 Å². The smallest absolute Gasteiger partial charge is 0.233 e. The van der Waals surface area contributed by atoms with E-state index in [0.29, 0.717) is 17.5 Å². The summed E-state index contributed by atoms with van der Waals surface area (Å²) in [6.07, 6.45) is 0.897. The number of aromatic nitrogens is 3. The summed E-state index contributed by atoms with van der Waals surface area (Å²) in [5.41, 5.74) is 4.45. The number of para-hydroxylation sites is 1. The zero-order valence-corrected chi connectivity index (χ0v) is 19.2. The van der Waals surface area contributed by atoms with E-state index in [0.717, 1.165) is 35.8 Å². The molecule has 0 saturated carbocycles. The Morgan fingerprint density at radius 1 is 0.939 bits per heavy atom. The third-order valence-electron chi connectivity index (χ3n) is 5.80. The second kappa shape index (κ2) is 9.50. The van der Waals surface area contributed by atoms with Gasteiger partial charge in [-0.1, -0.05) is 54.2 Å². The van der Waals surface area contributed by atoms with E-state index in [1.807, 2.05) is 70.1 Å². The second-order valence-corrected chi connectivity index (χ2v) is 8.77. The van der Waals surface area contributed by atoms with Crippen LogP contribution in [0.2, 0.25) is 0 Å². The van der Waals surface area contributed by atoms with Crippen molar-refractivity contribution in [3.05, 3.63) is 90.0 Å². The summed E-state index contributed by atoms with van der Waals surface area (Å²) in [7, 11) is 1.65. The predicted octanol–water partition coefficient (Wildman–Crippen LogP) is 4.62. The molecule has 1 aromatic heterocycles. The molecule has 33 heavy (non-hydrogen) atoms. The summed E-state index contributed by atoms with van der Waals surface area (Å²) < 4.78 is 7.29. The Kier molecular flexibility index (Phi) is 6.13. The van der Waals surface area contributed by atoms with E-state index >= 15 is 0 Å². The molecule has 6 nitrogen and oxygen atoms in total. The third-order valence-corrected chi connectivity index (χ3v) is 6.72. The highest BCUT2D eigenvalue weighted by molar-refractivity contribution is 7.99. The first-order chi connectivity index (χ1) is 16.2. The number of carbonyl (C=O) groups excluding carboxylic acids is 1.